The third-order valence-electron chi connectivity index (χ3n) is 1.30. The summed E-state index contributed by atoms with van der Waals surface area (Å²) in [6.45, 7) is 1.96. The fourth-order valence-corrected chi connectivity index (χ4v) is 2.34. The lowest BCUT2D eigenvalue weighted by molar-refractivity contribution is 0.785. The van der Waals surface area contributed by atoms with E-state index in [1.54, 1.807) is 23.1 Å². The van der Waals surface area contributed by atoms with Gasteiger partial charge in [-0.1, -0.05) is 0 Å². The standard InChI is InChI=1S/C7H12N2S2/c1-5(8)6-3-11-7(9-6)4-10-2/h3,5H,4,8H2,1-2H3. The average molecular weight is 188 g/mol. The van der Waals surface area contributed by atoms with Crippen molar-refractivity contribution >= 4 is 23.1 Å². The van der Waals surface area contributed by atoms with Gasteiger partial charge in [-0.05, 0) is 13.2 Å². The maximum absolute atomic E-state index is 5.66. The smallest absolute Gasteiger partial charge is 0.103 e. The van der Waals surface area contributed by atoms with Gasteiger partial charge >= 0.3 is 0 Å². The number of nitrogens with two attached hydrogens (primary N) is 1. The van der Waals surface area contributed by atoms with Crippen LogP contribution in [0, 0.1) is 0 Å². The van der Waals surface area contributed by atoms with Crippen LogP contribution in [-0.4, -0.2) is 11.2 Å². The van der Waals surface area contributed by atoms with Crippen LogP contribution in [0.3, 0.4) is 0 Å². The van der Waals surface area contributed by atoms with Gasteiger partial charge in [0.05, 0.1) is 5.69 Å². The highest BCUT2D eigenvalue weighted by Crippen LogP contribution is 2.17. The third kappa shape index (κ3) is 2.47. The van der Waals surface area contributed by atoms with Gasteiger partial charge in [0.1, 0.15) is 5.01 Å². The summed E-state index contributed by atoms with van der Waals surface area (Å²) in [5.74, 6) is 0.997. The molecular formula is C7H12N2S2. The second-order valence-electron chi connectivity index (χ2n) is 2.39. The van der Waals surface area contributed by atoms with Crippen molar-refractivity contribution in [3.63, 3.8) is 0 Å². The lowest BCUT2D eigenvalue weighted by Crippen LogP contribution is -2.05. The second-order valence-corrected chi connectivity index (χ2v) is 4.20. The Labute approximate surface area is 75.2 Å². The highest BCUT2D eigenvalue weighted by Gasteiger charge is 2.04. The van der Waals surface area contributed by atoms with Gasteiger partial charge in [0.15, 0.2) is 0 Å². The van der Waals surface area contributed by atoms with Crippen LogP contribution in [0.15, 0.2) is 5.38 Å². The van der Waals surface area contributed by atoms with Gasteiger partial charge in [0.25, 0.3) is 0 Å². The molecule has 0 saturated heterocycles. The summed E-state index contributed by atoms with van der Waals surface area (Å²) < 4.78 is 0. The van der Waals surface area contributed by atoms with Gasteiger partial charge < -0.3 is 5.73 Å². The molecule has 0 spiro atoms. The molecule has 62 valence electrons. The molecule has 1 aromatic heterocycles. The van der Waals surface area contributed by atoms with E-state index in [-0.39, 0.29) is 6.04 Å². The van der Waals surface area contributed by atoms with Crippen molar-refractivity contribution in [2.75, 3.05) is 6.26 Å². The Morgan fingerprint density at radius 1 is 1.82 bits per heavy atom. The van der Waals surface area contributed by atoms with E-state index >= 15 is 0 Å². The minimum Gasteiger partial charge on any atom is -0.323 e. The lowest BCUT2D eigenvalue weighted by Gasteiger charge is -1.96. The van der Waals surface area contributed by atoms with Gasteiger partial charge in [0, 0.05) is 17.2 Å². The largest absolute Gasteiger partial charge is 0.323 e. The Hall–Kier alpha value is -0.0600. The van der Waals surface area contributed by atoms with Crippen molar-refractivity contribution in [2.45, 2.75) is 18.7 Å². The number of hydrogen-bond donors (Lipinski definition) is 1. The fourth-order valence-electron chi connectivity index (χ4n) is 0.724. The topological polar surface area (TPSA) is 38.9 Å². The van der Waals surface area contributed by atoms with Gasteiger partial charge in [0.2, 0.25) is 0 Å². The third-order valence-corrected chi connectivity index (χ3v) is 2.92. The SMILES string of the molecule is CSCc1nc(C(C)N)cs1. The van der Waals surface area contributed by atoms with Gasteiger partial charge in [-0.2, -0.15) is 11.8 Å². The minimum atomic E-state index is 0.0712. The van der Waals surface area contributed by atoms with E-state index in [2.05, 4.69) is 11.2 Å². The molecule has 0 aromatic carbocycles. The van der Waals surface area contributed by atoms with E-state index in [1.807, 2.05) is 12.3 Å². The van der Waals surface area contributed by atoms with Crippen molar-refractivity contribution in [1.82, 2.24) is 4.98 Å². The molecule has 1 aromatic rings. The molecule has 0 aliphatic rings. The van der Waals surface area contributed by atoms with Crippen LogP contribution in [-0.2, 0) is 5.75 Å². The molecule has 1 rings (SSSR count). The first-order valence-corrected chi connectivity index (χ1v) is 5.70. The van der Waals surface area contributed by atoms with Crippen molar-refractivity contribution in [2.24, 2.45) is 5.73 Å². The van der Waals surface area contributed by atoms with Crippen LogP contribution in [0.25, 0.3) is 0 Å². The zero-order chi connectivity index (χ0) is 8.27. The van der Waals surface area contributed by atoms with E-state index in [1.165, 1.54) is 5.01 Å². The monoisotopic (exact) mass is 188 g/mol. The summed E-state index contributed by atoms with van der Waals surface area (Å²) in [6, 6.07) is 0.0712. The average Bonchev–Trinajstić information content (AvgIpc) is 2.37. The van der Waals surface area contributed by atoms with Gasteiger partial charge in [-0.3, -0.25) is 0 Å². The van der Waals surface area contributed by atoms with E-state index in [9.17, 15) is 0 Å². The number of thiazole rings is 1. The number of aromatic nitrogens is 1. The molecule has 0 radical (unpaired) electrons. The van der Waals surface area contributed by atoms with Crippen molar-refractivity contribution in [3.05, 3.63) is 16.1 Å². The van der Waals surface area contributed by atoms with E-state index in [0.29, 0.717) is 0 Å². The minimum absolute atomic E-state index is 0.0712. The maximum atomic E-state index is 5.66. The maximum Gasteiger partial charge on any atom is 0.103 e. The van der Waals surface area contributed by atoms with Crippen LogP contribution in [0.5, 0.6) is 0 Å². The van der Waals surface area contributed by atoms with E-state index < -0.39 is 0 Å². The quantitative estimate of drug-likeness (QED) is 0.789. The summed E-state index contributed by atoms with van der Waals surface area (Å²) >= 11 is 3.48. The van der Waals surface area contributed by atoms with Gasteiger partial charge in [-0.25, -0.2) is 4.98 Å². The Balaban J connectivity index is 2.66. The molecule has 2 nitrogen and oxygen atoms in total. The second kappa shape index (κ2) is 4.09. The van der Waals surface area contributed by atoms with Crippen LogP contribution in [0.1, 0.15) is 23.7 Å². The highest BCUT2D eigenvalue weighted by molar-refractivity contribution is 7.97. The van der Waals surface area contributed by atoms with Crippen LogP contribution >= 0.6 is 23.1 Å². The molecule has 0 bridgehead atoms. The molecule has 4 heteroatoms. The van der Waals surface area contributed by atoms with Crippen molar-refractivity contribution in [3.8, 4) is 0 Å². The van der Waals surface area contributed by atoms with E-state index in [0.717, 1.165) is 11.4 Å². The zero-order valence-corrected chi connectivity index (χ0v) is 8.34. The molecular weight excluding hydrogens is 176 g/mol. The number of hydrogen-bond acceptors (Lipinski definition) is 4. The highest BCUT2D eigenvalue weighted by atomic mass is 32.2. The summed E-state index contributed by atoms with van der Waals surface area (Å²) in [5.41, 5.74) is 6.67. The molecule has 0 fully saturated rings. The Kier molecular flexibility index (Phi) is 3.36. The summed E-state index contributed by atoms with van der Waals surface area (Å²) in [4.78, 5) is 4.37. The molecule has 0 amide bonds. The molecule has 1 unspecified atom stereocenters. The van der Waals surface area contributed by atoms with Crippen LogP contribution < -0.4 is 5.73 Å². The zero-order valence-electron chi connectivity index (χ0n) is 6.70. The summed E-state index contributed by atoms with van der Waals surface area (Å²) in [7, 11) is 0. The molecule has 11 heavy (non-hydrogen) atoms. The predicted molar refractivity (Wildman–Crippen MR) is 51.9 cm³/mol. The fraction of sp³-hybridized carbons (Fsp3) is 0.571. The molecule has 2 N–H and O–H groups in total. The van der Waals surface area contributed by atoms with Gasteiger partial charge in [-0.15, -0.1) is 11.3 Å². The molecule has 1 atom stereocenters. The first kappa shape index (κ1) is 9.03. The molecule has 0 aliphatic heterocycles. The number of thioether (sulfide) groups is 1. The first-order valence-electron chi connectivity index (χ1n) is 3.43. The van der Waals surface area contributed by atoms with Crippen LogP contribution in [0.2, 0.25) is 0 Å². The molecule has 1 heterocycles. The molecule has 0 saturated carbocycles. The lowest BCUT2D eigenvalue weighted by atomic mass is 10.3. The first-order chi connectivity index (χ1) is 5.24. The Morgan fingerprint density at radius 2 is 2.55 bits per heavy atom. The van der Waals surface area contributed by atoms with Crippen molar-refractivity contribution < 1.29 is 0 Å². The van der Waals surface area contributed by atoms with E-state index in [4.69, 9.17) is 5.73 Å². The number of nitrogens with zero attached hydrogens (tertiary/aromatic N) is 1. The Morgan fingerprint density at radius 3 is 3.00 bits per heavy atom. The Bertz CT molecular complexity index is 220. The van der Waals surface area contributed by atoms with Crippen LogP contribution in [0.4, 0.5) is 0 Å². The normalized spacial score (nSPS) is 13.4. The number of rotatable bonds is 3. The summed E-state index contributed by atoms with van der Waals surface area (Å²) in [5, 5.41) is 3.21. The molecule has 0 aliphatic carbocycles. The van der Waals surface area contributed by atoms with Crippen molar-refractivity contribution in [1.29, 1.82) is 0 Å². The summed E-state index contributed by atoms with van der Waals surface area (Å²) in [6.07, 6.45) is 2.08. The predicted octanol–water partition coefficient (Wildman–Crippen LogP) is 2.03.